The fraction of sp³-hybridized carbons (Fsp3) is 0.267. The van der Waals surface area contributed by atoms with Crippen LogP contribution in [-0.4, -0.2) is 70.1 Å². The van der Waals surface area contributed by atoms with Gasteiger partial charge in [0.15, 0.2) is 0 Å². The van der Waals surface area contributed by atoms with E-state index in [-0.39, 0.29) is 11.9 Å². The number of phenolic OH excluding ortho intramolecular Hbond substituents is 1. The molecule has 0 spiro atoms. The minimum Gasteiger partial charge on any atom is -0.508 e. The summed E-state index contributed by atoms with van der Waals surface area (Å²) in [6, 6.07) is 21.0. The predicted octanol–water partition coefficient (Wildman–Crippen LogP) is 4.87. The van der Waals surface area contributed by atoms with Crippen molar-refractivity contribution in [3.8, 4) is 16.9 Å². The number of hydrazone groups is 1. The smallest absolute Gasteiger partial charge is 0.245 e. The lowest BCUT2D eigenvalue weighted by atomic mass is 10.1. The van der Waals surface area contributed by atoms with Crippen molar-refractivity contribution in [3.63, 3.8) is 0 Å². The van der Waals surface area contributed by atoms with E-state index in [1.54, 1.807) is 24.5 Å². The SMILES string of the molecule is Cc1cc(NCCN2CCOC(C)C2)nc(N/N=C/c2ccc(Nc3ccc(-c4cccc(O)c4)cc3)cn2)n1. The molecule has 5 rings (SSSR count). The number of phenols is 1. The molecule has 40 heavy (non-hydrogen) atoms. The van der Waals surface area contributed by atoms with Gasteiger partial charge in [-0.05, 0) is 61.4 Å². The predicted molar refractivity (Wildman–Crippen MR) is 159 cm³/mol. The molecule has 2 aromatic carbocycles. The molecule has 4 aromatic rings. The molecule has 0 bridgehead atoms. The zero-order chi connectivity index (χ0) is 27.7. The molecule has 0 radical (unpaired) electrons. The Morgan fingerprint density at radius 2 is 1.90 bits per heavy atom. The second-order valence-electron chi connectivity index (χ2n) is 9.72. The number of ether oxygens (including phenoxy) is 1. The van der Waals surface area contributed by atoms with Gasteiger partial charge in [0.05, 0.1) is 36.5 Å². The van der Waals surface area contributed by atoms with Crippen molar-refractivity contribution in [2.75, 3.05) is 48.8 Å². The topological polar surface area (TPSA) is 120 Å². The van der Waals surface area contributed by atoms with Crippen LogP contribution in [0.1, 0.15) is 18.3 Å². The van der Waals surface area contributed by atoms with Crippen LogP contribution in [0.3, 0.4) is 0 Å². The first kappa shape index (κ1) is 27.0. The van der Waals surface area contributed by atoms with Gasteiger partial charge >= 0.3 is 0 Å². The van der Waals surface area contributed by atoms with Gasteiger partial charge in [-0.1, -0.05) is 24.3 Å². The van der Waals surface area contributed by atoms with E-state index in [0.29, 0.717) is 11.6 Å². The lowest BCUT2D eigenvalue weighted by molar-refractivity contribution is -0.0166. The summed E-state index contributed by atoms with van der Waals surface area (Å²) in [4.78, 5) is 15.8. The van der Waals surface area contributed by atoms with Gasteiger partial charge in [0, 0.05) is 43.6 Å². The Morgan fingerprint density at radius 3 is 2.67 bits per heavy atom. The quantitative estimate of drug-likeness (QED) is 0.165. The van der Waals surface area contributed by atoms with Gasteiger partial charge in [-0.3, -0.25) is 9.88 Å². The second kappa shape index (κ2) is 13.0. The number of morpholine rings is 1. The number of aromatic nitrogens is 3. The number of hydrogen-bond acceptors (Lipinski definition) is 10. The maximum Gasteiger partial charge on any atom is 0.245 e. The molecular formula is C30H34N8O2. The summed E-state index contributed by atoms with van der Waals surface area (Å²) in [7, 11) is 0. The molecular weight excluding hydrogens is 504 g/mol. The zero-order valence-corrected chi connectivity index (χ0v) is 22.7. The first-order valence-corrected chi connectivity index (χ1v) is 13.4. The highest BCUT2D eigenvalue weighted by molar-refractivity contribution is 5.78. The average Bonchev–Trinajstić information content (AvgIpc) is 2.94. The molecule has 1 aliphatic heterocycles. The van der Waals surface area contributed by atoms with Crippen molar-refractivity contribution in [3.05, 3.63) is 84.3 Å². The van der Waals surface area contributed by atoms with E-state index >= 15 is 0 Å². The van der Waals surface area contributed by atoms with Crippen LogP contribution in [0.5, 0.6) is 5.75 Å². The molecule has 10 heteroatoms. The minimum absolute atomic E-state index is 0.252. The van der Waals surface area contributed by atoms with Gasteiger partial charge < -0.3 is 20.5 Å². The number of hydrogen-bond donors (Lipinski definition) is 4. The van der Waals surface area contributed by atoms with Crippen LogP contribution in [0.15, 0.2) is 78.0 Å². The molecule has 2 aromatic heterocycles. The van der Waals surface area contributed by atoms with E-state index in [2.05, 4.69) is 47.9 Å². The number of nitrogens with one attached hydrogen (secondary N) is 3. The third-order valence-electron chi connectivity index (χ3n) is 6.41. The maximum absolute atomic E-state index is 9.71. The maximum atomic E-state index is 9.71. The van der Waals surface area contributed by atoms with Crippen molar-refractivity contribution in [1.29, 1.82) is 0 Å². The normalized spacial score (nSPS) is 15.7. The molecule has 0 saturated carbocycles. The van der Waals surface area contributed by atoms with Gasteiger partial charge in [0.1, 0.15) is 11.6 Å². The van der Waals surface area contributed by atoms with Crippen LogP contribution in [0.4, 0.5) is 23.1 Å². The number of pyridine rings is 1. The van der Waals surface area contributed by atoms with Crippen LogP contribution < -0.4 is 16.1 Å². The fourth-order valence-corrected chi connectivity index (χ4v) is 4.45. The van der Waals surface area contributed by atoms with Crippen LogP contribution in [0.2, 0.25) is 0 Å². The first-order chi connectivity index (χ1) is 19.5. The van der Waals surface area contributed by atoms with Gasteiger partial charge in [-0.2, -0.15) is 10.1 Å². The summed E-state index contributed by atoms with van der Waals surface area (Å²) in [6.45, 7) is 8.44. The van der Waals surface area contributed by atoms with Gasteiger partial charge in [0.25, 0.3) is 0 Å². The van der Waals surface area contributed by atoms with Crippen LogP contribution in [-0.2, 0) is 4.74 Å². The Hall–Kier alpha value is -4.54. The molecule has 1 saturated heterocycles. The lowest BCUT2D eigenvalue weighted by Gasteiger charge is -2.31. The minimum atomic E-state index is 0.252. The third kappa shape index (κ3) is 7.75. The van der Waals surface area contributed by atoms with E-state index in [1.165, 1.54) is 0 Å². The second-order valence-corrected chi connectivity index (χ2v) is 9.72. The Labute approximate surface area is 234 Å². The molecule has 206 valence electrons. The number of aromatic hydroxyl groups is 1. The van der Waals surface area contributed by atoms with Crippen molar-refractivity contribution in [2.24, 2.45) is 5.10 Å². The number of rotatable bonds is 10. The first-order valence-electron chi connectivity index (χ1n) is 13.4. The monoisotopic (exact) mass is 538 g/mol. The number of anilines is 4. The number of nitrogens with zero attached hydrogens (tertiary/aromatic N) is 5. The molecule has 1 fully saturated rings. The molecule has 0 amide bonds. The molecule has 3 heterocycles. The van der Waals surface area contributed by atoms with Crippen LogP contribution in [0, 0.1) is 6.92 Å². The molecule has 0 aliphatic carbocycles. The summed E-state index contributed by atoms with van der Waals surface area (Å²) in [5.74, 6) is 1.43. The van der Waals surface area contributed by atoms with E-state index in [4.69, 9.17) is 4.74 Å². The van der Waals surface area contributed by atoms with Gasteiger partial charge in [-0.25, -0.2) is 10.4 Å². The Balaban J connectivity index is 1.11. The largest absolute Gasteiger partial charge is 0.508 e. The summed E-state index contributed by atoms with van der Waals surface area (Å²) in [6.07, 6.45) is 3.66. The Bertz CT molecular complexity index is 1430. The summed E-state index contributed by atoms with van der Waals surface area (Å²) in [5, 5.41) is 20.7. The molecule has 10 nitrogen and oxygen atoms in total. The highest BCUT2D eigenvalue weighted by Gasteiger charge is 2.15. The van der Waals surface area contributed by atoms with Crippen molar-refractivity contribution >= 4 is 29.4 Å². The molecule has 1 atom stereocenters. The summed E-state index contributed by atoms with van der Waals surface area (Å²) >= 11 is 0. The zero-order valence-electron chi connectivity index (χ0n) is 22.7. The fourth-order valence-electron chi connectivity index (χ4n) is 4.45. The third-order valence-corrected chi connectivity index (χ3v) is 6.41. The van der Waals surface area contributed by atoms with Gasteiger partial charge in [-0.15, -0.1) is 0 Å². The highest BCUT2D eigenvalue weighted by Crippen LogP contribution is 2.25. The highest BCUT2D eigenvalue weighted by atomic mass is 16.5. The molecule has 1 aliphatic rings. The summed E-state index contributed by atoms with van der Waals surface area (Å²) < 4.78 is 5.60. The number of benzene rings is 2. The summed E-state index contributed by atoms with van der Waals surface area (Å²) in [5.41, 5.74) is 8.24. The number of aryl methyl sites for hydroxylation is 1. The van der Waals surface area contributed by atoms with Crippen molar-refractivity contribution in [1.82, 2.24) is 19.9 Å². The molecule has 4 N–H and O–H groups in total. The van der Waals surface area contributed by atoms with E-state index < -0.39 is 0 Å². The van der Waals surface area contributed by atoms with Crippen LogP contribution in [0.25, 0.3) is 11.1 Å². The Kier molecular flexibility index (Phi) is 8.79. The van der Waals surface area contributed by atoms with E-state index in [9.17, 15) is 5.11 Å². The standard InChI is InChI=1S/C30H34N8O2/c1-21-16-29(31-12-13-38-14-15-40-22(2)20-38)36-30(34-21)37-33-19-26-10-11-27(18-32-26)35-25-8-6-23(7-9-25)24-4-3-5-28(39)17-24/h3-11,16-19,22,35,39H,12-15,20H2,1-2H3,(H2,31,34,36,37)/b33-19+. The van der Waals surface area contributed by atoms with Crippen LogP contribution >= 0.6 is 0 Å². The lowest BCUT2D eigenvalue weighted by Crippen LogP contribution is -2.43. The van der Waals surface area contributed by atoms with E-state index in [1.807, 2.05) is 61.5 Å². The van der Waals surface area contributed by atoms with Gasteiger partial charge in [0.2, 0.25) is 5.95 Å². The van der Waals surface area contributed by atoms with Crippen molar-refractivity contribution < 1.29 is 9.84 Å². The molecule has 1 unspecified atom stereocenters. The average molecular weight is 539 g/mol. The van der Waals surface area contributed by atoms with Crippen molar-refractivity contribution in [2.45, 2.75) is 20.0 Å². The van der Waals surface area contributed by atoms with E-state index in [0.717, 1.165) is 66.8 Å². The Morgan fingerprint density at radius 1 is 1.05 bits per heavy atom.